The number of carbonyl (C=O) groups is 1. The van der Waals surface area contributed by atoms with Gasteiger partial charge in [-0.25, -0.2) is 9.37 Å². The zero-order valence-electron chi connectivity index (χ0n) is 16.3. The van der Waals surface area contributed by atoms with Gasteiger partial charge >= 0.3 is 0 Å². The number of halogens is 2. The molecular weight excluding hydrogens is 407 g/mol. The number of hydrogen-bond donors (Lipinski definition) is 1. The highest BCUT2D eigenvalue weighted by Crippen LogP contribution is 2.27. The molecule has 0 saturated carbocycles. The van der Waals surface area contributed by atoms with Crippen LogP contribution in [0.3, 0.4) is 0 Å². The molecule has 1 N–H and O–H groups in total. The van der Waals surface area contributed by atoms with E-state index < -0.39 is 0 Å². The minimum absolute atomic E-state index is 0.205. The number of amides is 1. The van der Waals surface area contributed by atoms with Crippen LogP contribution < -0.4 is 10.9 Å². The average Bonchev–Trinajstić information content (AvgIpc) is 3.05. The van der Waals surface area contributed by atoms with Gasteiger partial charge in [-0.3, -0.25) is 14.2 Å². The second-order valence-corrected chi connectivity index (χ2v) is 7.42. The fourth-order valence-corrected chi connectivity index (χ4v) is 3.66. The Kier molecular flexibility index (Phi) is 5.13. The van der Waals surface area contributed by atoms with E-state index in [-0.39, 0.29) is 23.8 Å². The Balaban J connectivity index is 1.67. The summed E-state index contributed by atoms with van der Waals surface area (Å²) in [7, 11) is 1.73. The molecule has 4 aromatic rings. The van der Waals surface area contributed by atoms with Crippen LogP contribution >= 0.6 is 11.6 Å². The highest BCUT2D eigenvalue weighted by Gasteiger charge is 2.16. The van der Waals surface area contributed by atoms with Crippen LogP contribution in [0.4, 0.5) is 10.1 Å². The monoisotopic (exact) mass is 424 g/mol. The Morgan fingerprint density at radius 1 is 1.20 bits per heavy atom. The molecule has 0 aliphatic carbocycles. The second-order valence-electron chi connectivity index (χ2n) is 7.02. The third-order valence-electron chi connectivity index (χ3n) is 4.90. The van der Waals surface area contributed by atoms with Crippen LogP contribution in [0.25, 0.3) is 22.2 Å². The zero-order valence-corrected chi connectivity index (χ0v) is 17.1. The maximum Gasteiger partial charge on any atom is 0.278 e. The first-order valence-electron chi connectivity index (χ1n) is 9.20. The minimum Gasteiger partial charge on any atom is -0.344 e. The number of aromatic nitrogens is 3. The predicted molar refractivity (Wildman–Crippen MR) is 115 cm³/mol. The molecule has 6 nitrogen and oxygen atoms in total. The molecule has 4 rings (SSSR count). The fraction of sp³-hybridized carbons (Fsp3) is 0.136. The van der Waals surface area contributed by atoms with Gasteiger partial charge in [-0.2, -0.15) is 0 Å². The van der Waals surface area contributed by atoms with Crippen molar-refractivity contribution in [3.63, 3.8) is 0 Å². The van der Waals surface area contributed by atoms with E-state index in [0.29, 0.717) is 27.3 Å². The molecular formula is C22H18ClFN4O2. The molecule has 0 fully saturated rings. The van der Waals surface area contributed by atoms with Crippen molar-refractivity contribution in [2.24, 2.45) is 7.05 Å². The summed E-state index contributed by atoms with van der Waals surface area (Å²) in [6, 6.07) is 11.3. The van der Waals surface area contributed by atoms with Crippen LogP contribution in [-0.4, -0.2) is 20.0 Å². The number of benzene rings is 2. The molecule has 8 heteroatoms. The van der Waals surface area contributed by atoms with Crippen LogP contribution in [-0.2, 0) is 18.4 Å². The Morgan fingerprint density at radius 2 is 1.93 bits per heavy atom. The smallest absolute Gasteiger partial charge is 0.278 e. The molecule has 30 heavy (non-hydrogen) atoms. The number of rotatable bonds is 4. The van der Waals surface area contributed by atoms with Crippen LogP contribution in [0.15, 0.2) is 59.8 Å². The van der Waals surface area contributed by atoms with Crippen LogP contribution in [0, 0.1) is 12.7 Å². The summed E-state index contributed by atoms with van der Waals surface area (Å²) in [6.45, 7) is 1.63. The first kappa shape index (κ1) is 19.8. The van der Waals surface area contributed by atoms with Gasteiger partial charge in [0.05, 0.1) is 17.0 Å². The normalized spacial score (nSPS) is 11.1. The standard InChI is InChI=1S/C22H18ClFN4O2/c1-13-4-3-5-17(23)19(13)26-18(29)11-28-12-25-20-16(10-27(2)21(20)22(28)30)14-6-8-15(24)9-7-14/h3-10,12H,11H2,1-2H3,(H,26,29). The summed E-state index contributed by atoms with van der Waals surface area (Å²) < 4.78 is 16.2. The molecule has 0 unspecified atom stereocenters. The highest BCUT2D eigenvalue weighted by atomic mass is 35.5. The summed E-state index contributed by atoms with van der Waals surface area (Å²) in [6.07, 6.45) is 3.11. The lowest BCUT2D eigenvalue weighted by atomic mass is 10.1. The number of nitrogens with zero attached hydrogens (tertiary/aromatic N) is 3. The quantitative estimate of drug-likeness (QED) is 0.535. The Morgan fingerprint density at radius 3 is 2.63 bits per heavy atom. The number of aryl methyl sites for hydroxylation is 2. The maximum atomic E-state index is 13.2. The number of carbonyl (C=O) groups excluding carboxylic acids is 1. The lowest BCUT2D eigenvalue weighted by Crippen LogP contribution is -2.28. The third-order valence-corrected chi connectivity index (χ3v) is 5.22. The SMILES string of the molecule is Cc1cccc(Cl)c1NC(=O)Cn1cnc2c(-c3ccc(F)cc3)cn(C)c2c1=O. The van der Waals surface area contributed by atoms with Crippen molar-refractivity contribution >= 4 is 34.2 Å². The summed E-state index contributed by atoms with van der Waals surface area (Å²) in [5.74, 6) is -0.725. The second kappa shape index (κ2) is 7.76. The van der Waals surface area contributed by atoms with E-state index in [4.69, 9.17) is 11.6 Å². The summed E-state index contributed by atoms with van der Waals surface area (Å²) in [5, 5.41) is 3.18. The first-order chi connectivity index (χ1) is 14.3. The number of para-hydroxylation sites is 1. The molecule has 152 valence electrons. The molecule has 0 aliphatic heterocycles. The molecule has 2 aromatic carbocycles. The van der Waals surface area contributed by atoms with Crippen molar-refractivity contribution < 1.29 is 9.18 Å². The summed E-state index contributed by atoms with van der Waals surface area (Å²) >= 11 is 6.16. The molecule has 0 atom stereocenters. The van der Waals surface area contributed by atoms with Crippen LogP contribution in [0.2, 0.25) is 5.02 Å². The van der Waals surface area contributed by atoms with Crippen molar-refractivity contribution in [3.05, 3.63) is 81.7 Å². The number of fused-ring (bicyclic) bond motifs is 1. The largest absolute Gasteiger partial charge is 0.344 e. The van der Waals surface area contributed by atoms with Gasteiger partial charge in [-0.05, 0) is 36.2 Å². The zero-order chi connectivity index (χ0) is 21.4. The molecule has 0 spiro atoms. The Bertz CT molecular complexity index is 1310. The Hall–Kier alpha value is -3.45. The van der Waals surface area contributed by atoms with E-state index in [1.807, 2.05) is 13.0 Å². The topological polar surface area (TPSA) is 68.9 Å². The van der Waals surface area contributed by atoms with Gasteiger partial charge in [-0.1, -0.05) is 35.9 Å². The molecule has 2 aromatic heterocycles. The molecule has 2 heterocycles. The van der Waals surface area contributed by atoms with Crippen molar-refractivity contribution in [3.8, 4) is 11.1 Å². The van der Waals surface area contributed by atoms with E-state index in [1.165, 1.54) is 23.0 Å². The lowest BCUT2D eigenvalue weighted by molar-refractivity contribution is -0.116. The van der Waals surface area contributed by atoms with Gasteiger partial charge in [-0.15, -0.1) is 0 Å². The Labute approximate surface area is 176 Å². The third kappa shape index (κ3) is 3.59. The molecule has 1 amide bonds. The first-order valence-corrected chi connectivity index (χ1v) is 9.58. The van der Waals surface area contributed by atoms with Gasteiger partial charge < -0.3 is 9.88 Å². The van der Waals surface area contributed by atoms with E-state index in [1.54, 1.807) is 42.1 Å². The van der Waals surface area contributed by atoms with Crippen LogP contribution in [0.1, 0.15) is 5.56 Å². The molecule has 0 radical (unpaired) electrons. The van der Waals surface area contributed by atoms with Gasteiger partial charge in [0, 0.05) is 18.8 Å². The number of hydrogen-bond acceptors (Lipinski definition) is 3. The predicted octanol–water partition coefficient (Wildman–Crippen LogP) is 4.14. The van der Waals surface area contributed by atoms with Gasteiger partial charge in [0.1, 0.15) is 23.4 Å². The lowest BCUT2D eigenvalue weighted by Gasteiger charge is -2.11. The van der Waals surface area contributed by atoms with Gasteiger partial charge in [0.25, 0.3) is 5.56 Å². The van der Waals surface area contributed by atoms with Crippen molar-refractivity contribution in [2.45, 2.75) is 13.5 Å². The highest BCUT2D eigenvalue weighted by molar-refractivity contribution is 6.33. The number of anilines is 1. The molecule has 0 aliphatic rings. The maximum absolute atomic E-state index is 13.2. The molecule has 0 saturated heterocycles. The fourth-order valence-electron chi connectivity index (χ4n) is 3.39. The minimum atomic E-state index is -0.387. The van der Waals surface area contributed by atoms with Crippen molar-refractivity contribution in [2.75, 3.05) is 5.32 Å². The van der Waals surface area contributed by atoms with Crippen LogP contribution in [0.5, 0.6) is 0 Å². The summed E-state index contributed by atoms with van der Waals surface area (Å²) in [5.41, 5.74) is 3.31. The van der Waals surface area contributed by atoms with E-state index in [0.717, 1.165) is 11.1 Å². The van der Waals surface area contributed by atoms with E-state index >= 15 is 0 Å². The number of nitrogens with one attached hydrogen (secondary N) is 1. The van der Waals surface area contributed by atoms with Gasteiger partial charge in [0.15, 0.2) is 0 Å². The van der Waals surface area contributed by atoms with E-state index in [2.05, 4.69) is 10.3 Å². The van der Waals surface area contributed by atoms with Crippen molar-refractivity contribution in [1.82, 2.24) is 14.1 Å². The average molecular weight is 425 g/mol. The summed E-state index contributed by atoms with van der Waals surface area (Å²) in [4.78, 5) is 29.9. The van der Waals surface area contributed by atoms with E-state index in [9.17, 15) is 14.0 Å². The van der Waals surface area contributed by atoms with Gasteiger partial charge in [0.2, 0.25) is 5.91 Å². The molecule has 0 bridgehead atoms. The van der Waals surface area contributed by atoms with Crippen molar-refractivity contribution in [1.29, 1.82) is 0 Å².